The van der Waals surface area contributed by atoms with Crippen LogP contribution in [0.3, 0.4) is 0 Å². The van der Waals surface area contributed by atoms with Crippen molar-refractivity contribution >= 4 is 49.0 Å². The van der Waals surface area contributed by atoms with Gasteiger partial charge in [-0.3, -0.25) is 4.79 Å². The third kappa shape index (κ3) is 3.06. The van der Waals surface area contributed by atoms with Crippen LogP contribution in [0.4, 0.5) is 0 Å². The molecule has 1 aromatic heterocycles. The number of carbonyl (C=O) groups is 1. The second kappa shape index (κ2) is 5.46. The van der Waals surface area contributed by atoms with Crippen molar-refractivity contribution in [1.82, 2.24) is 0 Å². The molecule has 0 bridgehead atoms. The van der Waals surface area contributed by atoms with Crippen LogP contribution >= 0.6 is 43.2 Å². The number of benzene rings is 1. The second-order valence-electron chi connectivity index (χ2n) is 3.81. The van der Waals surface area contributed by atoms with E-state index in [-0.39, 0.29) is 5.78 Å². The summed E-state index contributed by atoms with van der Waals surface area (Å²) in [7, 11) is 0. The van der Waals surface area contributed by atoms with Crippen molar-refractivity contribution in [2.75, 3.05) is 0 Å². The Morgan fingerprint density at radius 3 is 2.41 bits per heavy atom. The lowest BCUT2D eigenvalue weighted by Crippen LogP contribution is -2.01. The molecule has 0 aliphatic rings. The van der Waals surface area contributed by atoms with Gasteiger partial charge < -0.3 is 0 Å². The number of hydrogen-bond acceptors (Lipinski definition) is 2. The molecule has 0 fully saturated rings. The molecule has 1 aromatic carbocycles. The molecule has 0 saturated heterocycles. The summed E-state index contributed by atoms with van der Waals surface area (Å²) in [6, 6.07) is 8.07. The minimum Gasteiger partial charge on any atom is -0.293 e. The summed E-state index contributed by atoms with van der Waals surface area (Å²) < 4.78 is 1.80. The van der Waals surface area contributed by atoms with Gasteiger partial charge >= 0.3 is 0 Å². The first kappa shape index (κ1) is 13.0. The summed E-state index contributed by atoms with van der Waals surface area (Å²) in [5.74, 6) is 0.149. The summed E-state index contributed by atoms with van der Waals surface area (Å²) in [4.78, 5) is 12.9. The molecule has 4 heteroatoms. The zero-order valence-electron chi connectivity index (χ0n) is 9.17. The Bertz CT molecular complexity index is 543. The number of hydrogen-bond donors (Lipinski definition) is 0. The highest BCUT2D eigenvalue weighted by molar-refractivity contribution is 9.13. The number of rotatable bonds is 3. The molecule has 88 valence electrons. The van der Waals surface area contributed by atoms with Crippen molar-refractivity contribution in [3.8, 4) is 0 Å². The van der Waals surface area contributed by atoms with Gasteiger partial charge in [-0.05, 0) is 44.3 Å². The van der Waals surface area contributed by atoms with Crippen LogP contribution in [-0.4, -0.2) is 5.78 Å². The molecule has 1 nitrogen and oxygen atoms in total. The number of ketones is 1. The van der Waals surface area contributed by atoms with Crippen LogP contribution in [0, 0.1) is 6.92 Å². The molecule has 1 heterocycles. The highest BCUT2D eigenvalue weighted by atomic mass is 79.9. The fraction of sp³-hybridized carbons (Fsp3) is 0.154. The topological polar surface area (TPSA) is 17.1 Å². The van der Waals surface area contributed by atoms with Crippen molar-refractivity contribution in [3.05, 3.63) is 54.6 Å². The second-order valence-corrected chi connectivity index (χ2v) is 6.34. The van der Waals surface area contributed by atoms with Crippen LogP contribution in [0.1, 0.15) is 20.8 Å². The van der Waals surface area contributed by atoms with E-state index in [0.29, 0.717) is 6.42 Å². The monoisotopic (exact) mass is 372 g/mol. The Balaban J connectivity index is 2.17. The van der Waals surface area contributed by atoms with E-state index in [4.69, 9.17) is 0 Å². The molecule has 0 radical (unpaired) electrons. The zero-order valence-corrected chi connectivity index (χ0v) is 13.2. The molecule has 0 aliphatic carbocycles. The minimum atomic E-state index is 0.149. The molecule has 0 spiro atoms. The zero-order chi connectivity index (χ0) is 12.4. The number of aryl methyl sites for hydroxylation is 1. The van der Waals surface area contributed by atoms with E-state index >= 15 is 0 Å². The normalized spacial score (nSPS) is 10.5. The summed E-state index contributed by atoms with van der Waals surface area (Å²) in [6.45, 7) is 2.04. The van der Waals surface area contributed by atoms with Crippen LogP contribution in [0.5, 0.6) is 0 Å². The molecule has 0 amide bonds. The Kier molecular flexibility index (Phi) is 4.17. The third-order valence-corrected chi connectivity index (χ3v) is 6.00. The molecule has 0 N–H and O–H groups in total. The summed E-state index contributed by atoms with van der Waals surface area (Å²) >= 11 is 8.27. The van der Waals surface area contributed by atoms with E-state index in [2.05, 4.69) is 31.9 Å². The Hall–Kier alpha value is -0.450. The van der Waals surface area contributed by atoms with Crippen molar-refractivity contribution in [2.24, 2.45) is 0 Å². The molecular weight excluding hydrogens is 364 g/mol. The Labute approximate surface area is 121 Å². The number of halogens is 2. The standard InChI is InChI=1S/C13H10Br2OS/c1-8-2-4-9(5-3-8)6-11(16)13-12(15)10(14)7-17-13/h2-5,7H,6H2,1H3. The van der Waals surface area contributed by atoms with E-state index in [9.17, 15) is 4.79 Å². The van der Waals surface area contributed by atoms with Crippen molar-refractivity contribution < 1.29 is 4.79 Å². The maximum atomic E-state index is 12.1. The largest absolute Gasteiger partial charge is 0.293 e. The van der Waals surface area contributed by atoms with Gasteiger partial charge in [-0.1, -0.05) is 29.8 Å². The summed E-state index contributed by atoms with van der Waals surface area (Å²) in [5, 5.41) is 1.92. The summed E-state index contributed by atoms with van der Waals surface area (Å²) in [5.41, 5.74) is 2.26. The highest BCUT2D eigenvalue weighted by Crippen LogP contribution is 2.33. The van der Waals surface area contributed by atoms with Gasteiger partial charge in [-0.15, -0.1) is 11.3 Å². The molecular formula is C13H10Br2OS. The van der Waals surface area contributed by atoms with Crippen molar-refractivity contribution in [1.29, 1.82) is 0 Å². The van der Waals surface area contributed by atoms with Crippen molar-refractivity contribution in [3.63, 3.8) is 0 Å². The minimum absolute atomic E-state index is 0.149. The van der Waals surface area contributed by atoms with Crippen molar-refractivity contribution in [2.45, 2.75) is 13.3 Å². The first-order valence-electron chi connectivity index (χ1n) is 5.09. The molecule has 0 atom stereocenters. The van der Waals surface area contributed by atoms with Gasteiger partial charge in [0.2, 0.25) is 0 Å². The van der Waals surface area contributed by atoms with Gasteiger partial charge in [0.1, 0.15) is 0 Å². The summed E-state index contributed by atoms with van der Waals surface area (Å²) in [6.07, 6.45) is 0.450. The first-order chi connectivity index (χ1) is 8.08. The lowest BCUT2D eigenvalue weighted by atomic mass is 10.1. The van der Waals surface area contributed by atoms with E-state index < -0.39 is 0 Å². The molecule has 0 aliphatic heterocycles. The fourth-order valence-corrected chi connectivity index (χ4v) is 3.62. The Morgan fingerprint density at radius 1 is 1.24 bits per heavy atom. The average Bonchev–Trinajstić information content (AvgIpc) is 2.63. The third-order valence-electron chi connectivity index (χ3n) is 2.43. The average molecular weight is 374 g/mol. The first-order valence-corrected chi connectivity index (χ1v) is 7.55. The van der Waals surface area contributed by atoms with Crippen LogP contribution in [-0.2, 0) is 6.42 Å². The number of Topliss-reactive ketones (excluding diaryl/α,β-unsaturated/α-hetero) is 1. The van der Waals surface area contributed by atoms with Crippen LogP contribution in [0.15, 0.2) is 38.6 Å². The molecule has 0 saturated carbocycles. The van der Waals surface area contributed by atoms with Gasteiger partial charge in [0.15, 0.2) is 5.78 Å². The quantitative estimate of drug-likeness (QED) is 0.691. The molecule has 0 unspecified atom stereocenters. The number of carbonyl (C=O) groups excluding carboxylic acids is 1. The number of thiophene rings is 1. The van der Waals surface area contributed by atoms with Gasteiger partial charge in [0, 0.05) is 16.3 Å². The van der Waals surface area contributed by atoms with Crippen LogP contribution in [0.2, 0.25) is 0 Å². The predicted molar refractivity (Wildman–Crippen MR) is 78.9 cm³/mol. The van der Waals surface area contributed by atoms with Gasteiger partial charge in [-0.2, -0.15) is 0 Å². The smallest absolute Gasteiger partial charge is 0.178 e. The van der Waals surface area contributed by atoms with Crippen LogP contribution < -0.4 is 0 Å². The van der Waals surface area contributed by atoms with Crippen LogP contribution in [0.25, 0.3) is 0 Å². The Morgan fingerprint density at radius 2 is 1.88 bits per heavy atom. The molecule has 2 rings (SSSR count). The fourth-order valence-electron chi connectivity index (χ4n) is 1.48. The highest BCUT2D eigenvalue weighted by Gasteiger charge is 2.15. The molecule has 17 heavy (non-hydrogen) atoms. The van der Waals surface area contributed by atoms with E-state index in [0.717, 1.165) is 19.4 Å². The van der Waals surface area contributed by atoms with E-state index in [1.54, 1.807) is 0 Å². The van der Waals surface area contributed by atoms with E-state index in [1.807, 2.05) is 36.6 Å². The van der Waals surface area contributed by atoms with E-state index in [1.165, 1.54) is 16.9 Å². The maximum Gasteiger partial charge on any atom is 0.178 e. The molecule has 2 aromatic rings. The van der Waals surface area contributed by atoms with Gasteiger partial charge in [-0.25, -0.2) is 0 Å². The maximum absolute atomic E-state index is 12.1. The lowest BCUT2D eigenvalue weighted by molar-refractivity contribution is 0.0996. The predicted octanol–water partition coefficient (Wildman–Crippen LogP) is 5.01. The SMILES string of the molecule is Cc1ccc(CC(=O)c2scc(Br)c2Br)cc1. The lowest BCUT2D eigenvalue weighted by Gasteiger charge is -2.01. The van der Waals surface area contributed by atoms with Gasteiger partial charge in [0.05, 0.1) is 9.35 Å². The van der Waals surface area contributed by atoms with Gasteiger partial charge in [0.25, 0.3) is 0 Å².